The number of esters is 1. The number of carbonyl (C=O) groups excluding carboxylic acids is 1. The van der Waals surface area contributed by atoms with Crippen LogP contribution in [0.25, 0.3) is 0 Å². The SMILES string of the molecule is CCOC(=O)CNC(C)C1CCN(C)CC1. The van der Waals surface area contributed by atoms with Crippen LogP contribution in [0.2, 0.25) is 0 Å². The molecule has 1 unspecified atom stereocenters. The van der Waals surface area contributed by atoms with E-state index in [-0.39, 0.29) is 5.97 Å². The molecule has 0 radical (unpaired) electrons. The summed E-state index contributed by atoms with van der Waals surface area (Å²) in [6.45, 7) is 7.12. The first-order chi connectivity index (χ1) is 7.63. The third kappa shape index (κ3) is 4.49. The Hall–Kier alpha value is -0.610. The number of rotatable bonds is 5. The monoisotopic (exact) mass is 228 g/mol. The quantitative estimate of drug-likeness (QED) is 0.709. The van der Waals surface area contributed by atoms with Crippen molar-refractivity contribution in [1.29, 1.82) is 0 Å². The summed E-state index contributed by atoms with van der Waals surface area (Å²) >= 11 is 0. The van der Waals surface area contributed by atoms with E-state index in [0.29, 0.717) is 25.1 Å². The third-order valence-corrected chi connectivity index (χ3v) is 3.34. The first-order valence-corrected chi connectivity index (χ1v) is 6.21. The highest BCUT2D eigenvalue weighted by Crippen LogP contribution is 2.19. The van der Waals surface area contributed by atoms with E-state index >= 15 is 0 Å². The predicted octanol–water partition coefficient (Wildman–Crippen LogP) is 0.869. The number of likely N-dealkylation sites (tertiary alicyclic amines) is 1. The highest BCUT2D eigenvalue weighted by Gasteiger charge is 2.22. The van der Waals surface area contributed by atoms with Crippen LogP contribution in [0.5, 0.6) is 0 Å². The summed E-state index contributed by atoms with van der Waals surface area (Å²) in [6, 6.07) is 0.401. The lowest BCUT2D eigenvalue weighted by atomic mass is 9.90. The van der Waals surface area contributed by atoms with E-state index < -0.39 is 0 Å². The lowest BCUT2D eigenvalue weighted by Crippen LogP contribution is -2.42. The number of nitrogens with zero attached hydrogens (tertiary/aromatic N) is 1. The Kier molecular flexibility index (Phi) is 5.77. The maximum Gasteiger partial charge on any atom is 0.319 e. The van der Waals surface area contributed by atoms with E-state index in [0.717, 1.165) is 13.1 Å². The average molecular weight is 228 g/mol. The molecule has 0 saturated carbocycles. The standard InChI is InChI=1S/C12H24N2O2/c1-4-16-12(15)9-13-10(2)11-5-7-14(3)8-6-11/h10-11,13H,4-9H2,1-3H3. The fraction of sp³-hybridized carbons (Fsp3) is 0.917. The normalized spacial score (nSPS) is 20.7. The van der Waals surface area contributed by atoms with Crippen LogP contribution in [-0.4, -0.2) is 50.2 Å². The summed E-state index contributed by atoms with van der Waals surface area (Å²) < 4.78 is 4.89. The summed E-state index contributed by atoms with van der Waals surface area (Å²) in [5, 5.41) is 3.26. The average Bonchev–Trinajstić information content (AvgIpc) is 2.27. The Bertz CT molecular complexity index is 213. The fourth-order valence-corrected chi connectivity index (χ4v) is 2.15. The Morgan fingerprint density at radius 3 is 2.69 bits per heavy atom. The zero-order chi connectivity index (χ0) is 12.0. The molecule has 4 nitrogen and oxygen atoms in total. The second-order valence-corrected chi connectivity index (χ2v) is 4.62. The van der Waals surface area contributed by atoms with Crippen molar-refractivity contribution in [3.05, 3.63) is 0 Å². The van der Waals surface area contributed by atoms with Gasteiger partial charge in [0, 0.05) is 6.04 Å². The zero-order valence-corrected chi connectivity index (χ0v) is 10.7. The largest absolute Gasteiger partial charge is 0.465 e. The molecule has 0 aliphatic carbocycles. The van der Waals surface area contributed by atoms with Gasteiger partial charge in [-0.25, -0.2) is 0 Å². The second-order valence-electron chi connectivity index (χ2n) is 4.62. The Morgan fingerprint density at radius 1 is 1.50 bits per heavy atom. The van der Waals surface area contributed by atoms with E-state index in [9.17, 15) is 4.79 Å². The van der Waals surface area contributed by atoms with Gasteiger partial charge in [-0.3, -0.25) is 4.79 Å². The first kappa shape index (κ1) is 13.5. The van der Waals surface area contributed by atoms with Crippen LogP contribution in [0.4, 0.5) is 0 Å². The van der Waals surface area contributed by atoms with Crippen molar-refractivity contribution >= 4 is 5.97 Å². The summed E-state index contributed by atoms with van der Waals surface area (Å²) in [7, 11) is 2.16. The van der Waals surface area contributed by atoms with Gasteiger partial charge in [0.2, 0.25) is 0 Å². The van der Waals surface area contributed by atoms with Gasteiger partial charge in [0.15, 0.2) is 0 Å². The molecule has 1 atom stereocenters. The van der Waals surface area contributed by atoms with E-state index in [1.165, 1.54) is 12.8 Å². The smallest absolute Gasteiger partial charge is 0.319 e. The Balaban J connectivity index is 2.19. The number of hydrogen-bond acceptors (Lipinski definition) is 4. The van der Waals surface area contributed by atoms with Gasteiger partial charge in [-0.2, -0.15) is 0 Å². The number of carbonyl (C=O) groups is 1. The molecule has 1 aliphatic heterocycles. The van der Waals surface area contributed by atoms with Gasteiger partial charge >= 0.3 is 5.97 Å². The lowest BCUT2D eigenvalue weighted by molar-refractivity contribution is -0.142. The van der Waals surface area contributed by atoms with Crippen molar-refractivity contribution in [2.45, 2.75) is 32.7 Å². The molecule has 0 bridgehead atoms. The van der Waals surface area contributed by atoms with Crippen molar-refractivity contribution in [3.63, 3.8) is 0 Å². The van der Waals surface area contributed by atoms with Crippen LogP contribution in [0, 0.1) is 5.92 Å². The molecule has 4 heteroatoms. The molecular weight excluding hydrogens is 204 g/mol. The third-order valence-electron chi connectivity index (χ3n) is 3.34. The number of piperidine rings is 1. The van der Waals surface area contributed by atoms with Crippen LogP contribution in [0.1, 0.15) is 26.7 Å². The molecule has 0 aromatic heterocycles. The van der Waals surface area contributed by atoms with Crippen LogP contribution >= 0.6 is 0 Å². The number of nitrogens with one attached hydrogen (secondary N) is 1. The molecule has 1 fully saturated rings. The van der Waals surface area contributed by atoms with E-state index in [1.54, 1.807) is 0 Å². The molecule has 0 aromatic carbocycles. The van der Waals surface area contributed by atoms with Gasteiger partial charge in [-0.1, -0.05) is 0 Å². The van der Waals surface area contributed by atoms with Crippen molar-refractivity contribution in [2.24, 2.45) is 5.92 Å². The predicted molar refractivity (Wildman–Crippen MR) is 64.3 cm³/mol. The minimum atomic E-state index is -0.151. The van der Waals surface area contributed by atoms with Gasteiger partial charge in [0.25, 0.3) is 0 Å². The number of hydrogen-bond donors (Lipinski definition) is 1. The minimum Gasteiger partial charge on any atom is -0.465 e. The lowest BCUT2D eigenvalue weighted by Gasteiger charge is -2.33. The Labute approximate surface area is 98.3 Å². The van der Waals surface area contributed by atoms with E-state index in [4.69, 9.17) is 4.74 Å². The molecule has 94 valence electrons. The molecule has 1 saturated heterocycles. The molecular formula is C12H24N2O2. The maximum atomic E-state index is 11.2. The summed E-state index contributed by atoms with van der Waals surface area (Å²) in [5.74, 6) is 0.535. The zero-order valence-electron chi connectivity index (χ0n) is 10.7. The molecule has 1 aliphatic rings. The minimum absolute atomic E-state index is 0.151. The fourth-order valence-electron chi connectivity index (χ4n) is 2.15. The summed E-state index contributed by atoms with van der Waals surface area (Å²) in [4.78, 5) is 13.5. The van der Waals surface area contributed by atoms with E-state index in [2.05, 4.69) is 24.2 Å². The molecule has 1 heterocycles. The van der Waals surface area contributed by atoms with Gasteiger partial charge in [0.1, 0.15) is 0 Å². The molecule has 16 heavy (non-hydrogen) atoms. The van der Waals surface area contributed by atoms with Crippen LogP contribution in [0.3, 0.4) is 0 Å². The maximum absolute atomic E-state index is 11.2. The molecule has 1 rings (SSSR count). The molecule has 0 amide bonds. The van der Waals surface area contributed by atoms with Crippen LogP contribution in [0.15, 0.2) is 0 Å². The molecule has 1 N–H and O–H groups in total. The summed E-state index contributed by atoms with van der Waals surface area (Å²) in [6.07, 6.45) is 2.43. The van der Waals surface area contributed by atoms with E-state index in [1.807, 2.05) is 6.92 Å². The van der Waals surface area contributed by atoms with Gasteiger partial charge < -0.3 is 15.0 Å². The molecule has 0 spiro atoms. The molecule has 0 aromatic rings. The highest BCUT2D eigenvalue weighted by molar-refractivity contribution is 5.71. The van der Waals surface area contributed by atoms with Crippen molar-refractivity contribution in [2.75, 3.05) is 33.3 Å². The Morgan fingerprint density at radius 2 is 2.12 bits per heavy atom. The second kappa shape index (κ2) is 6.86. The topological polar surface area (TPSA) is 41.6 Å². The first-order valence-electron chi connectivity index (χ1n) is 6.21. The van der Waals surface area contributed by atoms with Gasteiger partial charge in [-0.05, 0) is 52.7 Å². The van der Waals surface area contributed by atoms with Crippen molar-refractivity contribution in [3.8, 4) is 0 Å². The number of ether oxygens (including phenoxy) is 1. The van der Waals surface area contributed by atoms with Crippen molar-refractivity contribution < 1.29 is 9.53 Å². The van der Waals surface area contributed by atoms with Crippen molar-refractivity contribution in [1.82, 2.24) is 10.2 Å². The van der Waals surface area contributed by atoms with Crippen LogP contribution in [-0.2, 0) is 9.53 Å². The highest BCUT2D eigenvalue weighted by atomic mass is 16.5. The van der Waals surface area contributed by atoms with Gasteiger partial charge in [0.05, 0.1) is 13.2 Å². The summed E-state index contributed by atoms with van der Waals surface area (Å²) in [5.41, 5.74) is 0. The van der Waals surface area contributed by atoms with Crippen LogP contribution < -0.4 is 5.32 Å². The van der Waals surface area contributed by atoms with Gasteiger partial charge in [-0.15, -0.1) is 0 Å².